The fourth-order valence-electron chi connectivity index (χ4n) is 1.99. The summed E-state index contributed by atoms with van der Waals surface area (Å²) in [5.41, 5.74) is 1.30. The summed E-state index contributed by atoms with van der Waals surface area (Å²) in [5.74, 6) is 0.950. The minimum absolute atomic E-state index is 0.358. The molecular formula is C16H27NO2. The van der Waals surface area contributed by atoms with Crippen molar-refractivity contribution in [3.05, 3.63) is 29.8 Å². The van der Waals surface area contributed by atoms with Crippen molar-refractivity contribution in [2.45, 2.75) is 39.7 Å². The van der Waals surface area contributed by atoms with Gasteiger partial charge in [0.2, 0.25) is 0 Å². The smallest absolute Gasteiger partial charge is 0.119 e. The van der Waals surface area contributed by atoms with Crippen molar-refractivity contribution in [2.24, 2.45) is 0 Å². The molecule has 1 aromatic rings. The van der Waals surface area contributed by atoms with Gasteiger partial charge in [-0.05, 0) is 44.0 Å². The average molecular weight is 265 g/mol. The van der Waals surface area contributed by atoms with Crippen LogP contribution in [0, 0.1) is 0 Å². The van der Waals surface area contributed by atoms with Crippen molar-refractivity contribution < 1.29 is 9.47 Å². The molecule has 0 amide bonds. The molecule has 0 radical (unpaired) electrons. The van der Waals surface area contributed by atoms with Gasteiger partial charge in [-0.25, -0.2) is 0 Å². The van der Waals surface area contributed by atoms with Crippen LogP contribution in [-0.4, -0.2) is 26.4 Å². The van der Waals surface area contributed by atoms with Crippen LogP contribution in [0.1, 0.15) is 45.2 Å². The largest absolute Gasteiger partial charge is 0.494 e. The third-order valence-corrected chi connectivity index (χ3v) is 2.96. The molecule has 108 valence electrons. The highest BCUT2D eigenvalue weighted by Crippen LogP contribution is 2.20. The lowest BCUT2D eigenvalue weighted by atomic mass is 10.0. The molecule has 0 aliphatic rings. The first kappa shape index (κ1) is 16.0. The van der Waals surface area contributed by atoms with E-state index in [1.807, 2.05) is 6.92 Å². The van der Waals surface area contributed by atoms with Gasteiger partial charge < -0.3 is 14.8 Å². The molecule has 0 saturated carbocycles. The van der Waals surface area contributed by atoms with Crippen LogP contribution in [0.5, 0.6) is 5.75 Å². The summed E-state index contributed by atoms with van der Waals surface area (Å²) in [7, 11) is 0. The van der Waals surface area contributed by atoms with Gasteiger partial charge in [0.1, 0.15) is 5.75 Å². The molecule has 1 aromatic carbocycles. The Hall–Kier alpha value is -1.06. The molecule has 0 aliphatic carbocycles. The summed E-state index contributed by atoms with van der Waals surface area (Å²) in [4.78, 5) is 0. The predicted octanol–water partition coefficient (Wildman–Crippen LogP) is 3.55. The van der Waals surface area contributed by atoms with E-state index in [9.17, 15) is 0 Å². The van der Waals surface area contributed by atoms with Gasteiger partial charge in [-0.1, -0.05) is 26.0 Å². The normalized spacial score (nSPS) is 12.4. The van der Waals surface area contributed by atoms with Crippen LogP contribution in [0.3, 0.4) is 0 Å². The van der Waals surface area contributed by atoms with E-state index in [0.717, 1.165) is 45.0 Å². The Morgan fingerprint density at radius 3 is 2.37 bits per heavy atom. The number of benzene rings is 1. The Bertz CT molecular complexity index is 324. The van der Waals surface area contributed by atoms with Crippen molar-refractivity contribution in [1.29, 1.82) is 0 Å². The molecule has 1 rings (SSSR count). The summed E-state index contributed by atoms with van der Waals surface area (Å²) < 4.78 is 11.0. The van der Waals surface area contributed by atoms with Crippen LogP contribution in [0.15, 0.2) is 24.3 Å². The standard InChI is InChI=1S/C16H27NO2/c1-4-12-19-15-9-7-14(8-10-15)16(17-5-2)11-13-18-6-3/h7-10,16-17H,4-6,11-13H2,1-3H3. The minimum atomic E-state index is 0.358. The maximum absolute atomic E-state index is 5.60. The molecular weight excluding hydrogens is 238 g/mol. The molecule has 0 fully saturated rings. The van der Waals surface area contributed by atoms with Crippen LogP contribution in [-0.2, 0) is 4.74 Å². The zero-order valence-corrected chi connectivity index (χ0v) is 12.4. The highest BCUT2D eigenvalue weighted by molar-refractivity contribution is 5.29. The second-order valence-electron chi connectivity index (χ2n) is 4.51. The van der Waals surface area contributed by atoms with Crippen LogP contribution in [0.2, 0.25) is 0 Å². The van der Waals surface area contributed by atoms with Gasteiger partial charge >= 0.3 is 0 Å². The highest BCUT2D eigenvalue weighted by atomic mass is 16.5. The molecule has 0 bridgehead atoms. The molecule has 0 aromatic heterocycles. The molecule has 0 heterocycles. The summed E-state index contributed by atoms with van der Waals surface area (Å²) in [6, 6.07) is 8.75. The van der Waals surface area contributed by atoms with E-state index in [-0.39, 0.29) is 0 Å². The molecule has 1 unspecified atom stereocenters. The number of rotatable bonds is 10. The first-order valence-corrected chi connectivity index (χ1v) is 7.35. The molecule has 0 saturated heterocycles. The minimum Gasteiger partial charge on any atom is -0.494 e. The Morgan fingerprint density at radius 1 is 1.05 bits per heavy atom. The summed E-state index contributed by atoms with van der Waals surface area (Å²) in [6.07, 6.45) is 2.03. The predicted molar refractivity (Wildman–Crippen MR) is 79.8 cm³/mol. The van der Waals surface area contributed by atoms with Crippen LogP contribution in [0.4, 0.5) is 0 Å². The molecule has 1 atom stereocenters. The van der Waals surface area contributed by atoms with Gasteiger partial charge in [-0.3, -0.25) is 0 Å². The molecule has 3 nitrogen and oxygen atoms in total. The second-order valence-corrected chi connectivity index (χ2v) is 4.51. The van der Waals surface area contributed by atoms with Crippen molar-refractivity contribution in [2.75, 3.05) is 26.4 Å². The number of hydrogen-bond acceptors (Lipinski definition) is 3. The van der Waals surface area contributed by atoms with E-state index in [2.05, 4.69) is 43.4 Å². The van der Waals surface area contributed by atoms with Crippen molar-refractivity contribution >= 4 is 0 Å². The summed E-state index contributed by atoms with van der Waals surface area (Å²) in [6.45, 7) is 9.59. The first-order chi connectivity index (χ1) is 9.31. The van der Waals surface area contributed by atoms with E-state index >= 15 is 0 Å². The van der Waals surface area contributed by atoms with E-state index in [1.165, 1.54) is 5.56 Å². The summed E-state index contributed by atoms with van der Waals surface area (Å²) in [5, 5.41) is 3.50. The summed E-state index contributed by atoms with van der Waals surface area (Å²) >= 11 is 0. The monoisotopic (exact) mass is 265 g/mol. The lowest BCUT2D eigenvalue weighted by Gasteiger charge is -2.18. The average Bonchev–Trinajstić information content (AvgIpc) is 2.45. The topological polar surface area (TPSA) is 30.5 Å². The van der Waals surface area contributed by atoms with E-state index < -0.39 is 0 Å². The van der Waals surface area contributed by atoms with Crippen molar-refractivity contribution in [3.8, 4) is 5.75 Å². The van der Waals surface area contributed by atoms with Crippen LogP contribution < -0.4 is 10.1 Å². The Labute approximate surface area is 117 Å². The SMILES string of the molecule is CCCOc1ccc(C(CCOCC)NCC)cc1. The van der Waals surface area contributed by atoms with Gasteiger partial charge in [-0.15, -0.1) is 0 Å². The lowest BCUT2D eigenvalue weighted by molar-refractivity contribution is 0.136. The number of ether oxygens (including phenoxy) is 2. The maximum atomic E-state index is 5.60. The quantitative estimate of drug-likeness (QED) is 0.656. The lowest BCUT2D eigenvalue weighted by Crippen LogP contribution is -2.22. The zero-order valence-electron chi connectivity index (χ0n) is 12.4. The number of nitrogens with one attached hydrogen (secondary N) is 1. The molecule has 3 heteroatoms. The molecule has 19 heavy (non-hydrogen) atoms. The van der Waals surface area contributed by atoms with Crippen molar-refractivity contribution in [3.63, 3.8) is 0 Å². The third kappa shape index (κ3) is 6.08. The Kier molecular flexibility index (Phi) is 8.26. The zero-order chi connectivity index (χ0) is 13.9. The van der Waals surface area contributed by atoms with E-state index in [0.29, 0.717) is 6.04 Å². The highest BCUT2D eigenvalue weighted by Gasteiger charge is 2.10. The first-order valence-electron chi connectivity index (χ1n) is 7.35. The fraction of sp³-hybridized carbons (Fsp3) is 0.625. The van der Waals surface area contributed by atoms with E-state index in [1.54, 1.807) is 0 Å². The van der Waals surface area contributed by atoms with Gasteiger partial charge in [0, 0.05) is 19.3 Å². The third-order valence-electron chi connectivity index (χ3n) is 2.96. The van der Waals surface area contributed by atoms with Crippen LogP contribution in [0.25, 0.3) is 0 Å². The fourth-order valence-corrected chi connectivity index (χ4v) is 1.99. The van der Waals surface area contributed by atoms with Crippen LogP contribution >= 0.6 is 0 Å². The van der Waals surface area contributed by atoms with Gasteiger partial charge in [0.15, 0.2) is 0 Å². The Morgan fingerprint density at radius 2 is 1.79 bits per heavy atom. The molecule has 0 spiro atoms. The molecule has 1 N–H and O–H groups in total. The Balaban J connectivity index is 2.57. The van der Waals surface area contributed by atoms with Crippen molar-refractivity contribution in [1.82, 2.24) is 5.32 Å². The maximum Gasteiger partial charge on any atom is 0.119 e. The van der Waals surface area contributed by atoms with Gasteiger partial charge in [0.05, 0.1) is 6.61 Å². The molecule has 0 aliphatic heterocycles. The van der Waals surface area contributed by atoms with Gasteiger partial charge in [0.25, 0.3) is 0 Å². The number of hydrogen-bond donors (Lipinski definition) is 1. The second kappa shape index (κ2) is 9.82. The van der Waals surface area contributed by atoms with Gasteiger partial charge in [-0.2, -0.15) is 0 Å². The van der Waals surface area contributed by atoms with E-state index in [4.69, 9.17) is 9.47 Å².